The van der Waals surface area contributed by atoms with Crippen molar-refractivity contribution in [3.05, 3.63) is 83.4 Å². The normalized spacial score (nSPS) is 11.8. The van der Waals surface area contributed by atoms with Gasteiger partial charge in [0.15, 0.2) is 11.5 Å². The van der Waals surface area contributed by atoms with E-state index in [1.807, 2.05) is 0 Å². The van der Waals surface area contributed by atoms with Gasteiger partial charge in [0, 0.05) is 23.9 Å². The van der Waals surface area contributed by atoms with E-state index in [1.54, 1.807) is 18.2 Å². The summed E-state index contributed by atoms with van der Waals surface area (Å²) in [6.45, 7) is -0.297. The minimum atomic E-state index is -4.31. The van der Waals surface area contributed by atoms with Crippen LogP contribution in [0.25, 0.3) is 6.08 Å². The van der Waals surface area contributed by atoms with E-state index in [-0.39, 0.29) is 36.9 Å². The first-order chi connectivity index (χ1) is 18.8. The molecule has 0 aliphatic heterocycles. The molecule has 12 heteroatoms. The van der Waals surface area contributed by atoms with Gasteiger partial charge in [0.1, 0.15) is 12.4 Å². The Morgan fingerprint density at radius 1 is 0.900 bits per heavy atom. The molecule has 214 valence electrons. The molecule has 0 heterocycles. The third kappa shape index (κ3) is 9.37. The van der Waals surface area contributed by atoms with Crippen molar-refractivity contribution >= 4 is 23.4 Å². The van der Waals surface area contributed by atoms with Crippen LogP contribution in [0.5, 0.6) is 17.2 Å². The molecule has 3 rings (SSSR count). The number of esters is 1. The second-order valence-electron chi connectivity index (χ2n) is 8.57. The number of rotatable bonds is 12. The summed E-state index contributed by atoms with van der Waals surface area (Å²) in [5.41, 5.74) is 12.9. The molecule has 0 aliphatic rings. The molecule has 0 saturated carbocycles. The highest BCUT2D eigenvalue weighted by molar-refractivity contribution is 5.87. The largest absolute Gasteiger partial charge is 0.493 e. The van der Waals surface area contributed by atoms with Gasteiger partial charge >= 0.3 is 18.3 Å². The number of benzene rings is 3. The number of alkyl halides is 5. The quantitative estimate of drug-likeness (QED) is 0.0852. The second-order valence-corrected chi connectivity index (χ2v) is 8.57. The monoisotopic (exact) mass is 566 g/mol. The van der Waals surface area contributed by atoms with Gasteiger partial charge in [-0.1, -0.05) is 12.1 Å². The predicted octanol–water partition coefficient (Wildman–Crippen LogP) is 6.47. The summed E-state index contributed by atoms with van der Waals surface area (Å²) in [6, 6.07) is 13.5. The Morgan fingerprint density at radius 2 is 1.57 bits per heavy atom. The average Bonchev–Trinajstić information content (AvgIpc) is 2.88. The standard InChI is InChI=1S/C28H27F5N2O5/c1-37-25-15-20(6-9-24(25)38-12-2-11-27(29,30)31)28(32,33)40-23-7-3-18(4-8-23)5-10-26(36)39-17-19-13-21(34)16-22(35)14-19/h3-10,13-16H,2,11-12,17,34-35H2,1H3/b10-5+. The molecule has 0 amide bonds. The van der Waals surface area contributed by atoms with Crippen LogP contribution in [0.1, 0.15) is 29.5 Å². The van der Waals surface area contributed by atoms with Gasteiger partial charge in [-0.25, -0.2) is 4.79 Å². The lowest BCUT2D eigenvalue weighted by Gasteiger charge is -2.20. The fraction of sp³-hybridized carbons (Fsp3) is 0.250. The second kappa shape index (κ2) is 13.0. The number of hydrogen-bond donors (Lipinski definition) is 2. The first-order valence-corrected chi connectivity index (χ1v) is 11.9. The van der Waals surface area contributed by atoms with Crippen molar-refractivity contribution in [2.75, 3.05) is 25.2 Å². The Kier molecular flexibility index (Phi) is 9.81. The van der Waals surface area contributed by atoms with Gasteiger partial charge in [-0.3, -0.25) is 0 Å². The van der Waals surface area contributed by atoms with E-state index in [1.165, 1.54) is 49.6 Å². The van der Waals surface area contributed by atoms with Crippen LogP contribution in [0.2, 0.25) is 0 Å². The molecule has 0 fully saturated rings. The zero-order valence-corrected chi connectivity index (χ0v) is 21.3. The first-order valence-electron chi connectivity index (χ1n) is 11.9. The number of nitrogen functional groups attached to an aromatic ring is 2. The molecule has 0 bridgehead atoms. The summed E-state index contributed by atoms with van der Waals surface area (Å²) in [6.07, 6.45) is -6.79. The molecular formula is C28H27F5N2O5. The van der Waals surface area contributed by atoms with E-state index in [4.69, 9.17) is 30.4 Å². The Hall–Kier alpha value is -4.48. The van der Waals surface area contributed by atoms with Crippen molar-refractivity contribution in [3.8, 4) is 17.2 Å². The number of methoxy groups -OCH3 is 1. The third-order valence-electron chi connectivity index (χ3n) is 5.32. The average molecular weight is 567 g/mol. The van der Waals surface area contributed by atoms with Gasteiger partial charge in [0.2, 0.25) is 0 Å². The van der Waals surface area contributed by atoms with Crippen LogP contribution >= 0.6 is 0 Å². The van der Waals surface area contributed by atoms with Gasteiger partial charge in [0.25, 0.3) is 0 Å². The van der Waals surface area contributed by atoms with Crippen LogP contribution in [-0.4, -0.2) is 25.9 Å². The highest BCUT2D eigenvalue weighted by atomic mass is 19.4. The summed E-state index contributed by atoms with van der Waals surface area (Å²) in [7, 11) is 1.22. The fourth-order valence-electron chi connectivity index (χ4n) is 3.47. The molecule has 0 atom stereocenters. The molecule has 0 spiro atoms. The predicted molar refractivity (Wildman–Crippen MR) is 139 cm³/mol. The van der Waals surface area contributed by atoms with E-state index in [2.05, 4.69) is 0 Å². The van der Waals surface area contributed by atoms with Gasteiger partial charge < -0.3 is 30.4 Å². The maximum absolute atomic E-state index is 14.8. The number of carbonyl (C=O) groups excluding carboxylic acids is 1. The van der Waals surface area contributed by atoms with Crippen LogP contribution in [-0.2, 0) is 22.2 Å². The summed E-state index contributed by atoms with van der Waals surface area (Å²) >= 11 is 0. The maximum Gasteiger partial charge on any atom is 0.426 e. The van der Waals surface area contributed by atoms with E-state index in [9.17, 15) is 26.7 Å². The van der Waals surface area contributed by atoms with Crippen LogP contribution in [0, 0.1) is 0 Å². The van der Waals surface area contributed by atoms with Crippen LogP contribution in [0.15, 0.2) is 66.7 Å². The van der Waals surface area contributed by atoms with E-state index < -0.39 is 30.2 Å². The number of anilines is 2. The Balaban J connectivity index is 1.56. The molecule has 3 aromatic rings. The van der Waals surface area contributed by atoms with Crippen molar-refractivity contribution in [3.63, 3.8) is 0 Å². The number of hydrogen-bond acceptors (Lipinski definition) is 7. The van der Waals surface area contributed by atoms with E-state index in [0.29, 0.717) is 22.5 Å². The highest BCUT2D eigenvalue weighted by Crippen LogP contribution is 2.37. The van der Waals surface area contributed by atoms with Crippen molar-refractivity contribution in [2.45, 2.75) is 31.7 Å². The van der Waals surface area contributed by atoms with Gasteiger partial charge in [-0.2, -0.15) is 22.0 Å². The molecule has 7 nitrogen and oxygen atoms in total. The lowest BCUT2D eigenvalue weighted by Crippen LogP contribution is -2.22. The smallest absolute Gasteiger partial charge is 0.426 e. The number of halogens is 5. The molecule has 0 unspecified atom stereocenters. The van der Waals surface area contributed by atoms with Gasteiger partial charge in [-0.15, -0.1) is 0 Å². The Morgan fingerprint density at radius 3 is 2.20 bits per heavy atom. The lowest BCUT2D eigenvalue weighted by molar-refractivity contribution is -0.185. The molecule has 40 heavy (non-hydrogen) atoms. The van der Waals surface area contributed by atoms with E-state index >= 15 is 0 Å². The molecular weight excluding hydrogens is 539 g/mol. The first kappa shape index (κ1) is 30.1. The third-order valence-corrected chi connectivity index (χ3v) is 5.32. The van der Waals surface area contributed by atoms with Crippen molar-refractivity contribution in [2.24, 2.45) is 0 Å². The maximum atomic E-state index is 14.8. The highest BCUT2D eigenvalue weighted by Gasteiger charge is 2.35. The minimum Gasteiger partial charge on any atom is -0.493 e. The number of ether oxygens (including phenoxy) is 4. The number of carbonyl (C=O) groups is 1. The molecule has 0 saturated heterocycles. The van der Waals surface area contributed by atoms with Gasteiger partial charge in [-0.05, 0) is 72.2 Å². The zero-order valence-electron chi connectivity index (χ0n) is 21.3. The minimum absolute atomic E-state index is 0.0240. The molecule has 0 aliphatic carbocycles. The summed E-state index contributed by atoms with van der Waals surface area (Å²) in [5, 5.41) is 0. The zero-order chi connectivity index (χ0) is 29.3. The summed E-state index contributed by atoms with van der Waals surface area (Å²) in [5.74, 6) is -0.847. The summed E-state index contributed by atoms with van der Waals surface area (Å²) < 4.78 is 86.8. The van der Waals surface area contributed by atoms with Crippen LogP contribution < -0.4 is 25.7 Å². The number of nitrogens with two attached hydrogens (primary N) is 2. The molecule has 0 radical (unpaired) electrons. The molecule has 4 N–H and O–H groups in total. The van der Waals surface area contributed by atoms with Gasteiger partial charge in [0.05, 0.1) is 19.3 Å². The van der Waals surface area contributed by atoms with Crippen LogP contribution in [0.3, 0.4) is 0 Å². The Labute approximate surface area is 227 Å². The SMILES string of the molecule is COc1cc(C(F)(F)Oc2ccc(/C=C/C(=O)OCc3cc(N)cc(N)c3)cc2)ccc1OCCCC(F)(F)F. The fourth-order valence-corrected chi connectivity index (χ4v) is 3.47. The van der Waals surface area contributed by atoms with Crippen molar-refractivity contribution in [1.82, 2.24) is 0 Å². The molecule has 0 aromatic heterocycles. The molecule has 3 aromatic carbocycles. The van der Waals surface area contributed by atoms with E-state index in [0.717, 1.165) is 12.1 Å². The van der Waals surface area contributed by atoms with Crippen molar-refractivity contribution < 1.29 is 45.7 Å². The Bertz CT molecular complexity index is 1310. The lowest BCUT2D eigenvalue weighted by atomic mass is 10.1. The van der Waals surface area contributed by atoms with Crippen molar-refractivity contribution in [1.29, 1.82) is 0 Å². The summed E-state index contributed by atoms with van der Waals surface area (Å²) in [4.78, 5) is 12.0. The van der Waals surface area contributed by atoms with Crippen LogP contribution in [0.4, 0.5) is 33.3 Å². The topological polar surface area (TPSA) is 106 Å².